The molecule has 1 aliphatic heterocycles. The lowest BCUT2D eigenvalue weighted by molar-refractivity contribution is 0.601. The molecule has 0 spiro atoms. The van der Waals surface area contributed by atoms with E-state index in [1.54, 1.807) is 12.1 Å². The average Bonchev–Trinajstić information content (AvgIpc) is 3.20. The van der Waals surface area contributed by atoms with Gasteiger partial charge in [-0.15, -0.1) is 5.11 Å². The molecule has 0 amide bonds. The maximum Gasteiger partial charge on any atom is 0.198 e. The quantitative estimate of drug-likeness (QED) is 0.748. The van der Waals surface area contributed by atoms with Crippen LogP contribution in [0.5, 0.6) is 0 Å². The summed E-state index contributed by atoms with van der Waals surface area (Å²) in [6.45, 7) is 0.197. The molecule has 3 N–H and O–H groups in total. The summed E-state index contributed by atoms with van der Waals surface area (Å²) in [6.07, 6.45) is 1.17. The summed E-state index contributed by atoms with van der Waals surface area (Å²) in [5.74, 6) is 0.645. The number of nitrogens with zero attached hydrogens (tertiary/aromatic N) is 4. The highest BCUT2D eigenvalue weighted by Crippen LogP contribution is 2.32. The summed E-state index contributed by atoms with van der Waals surface area (Å²) < 4.78 is 24.5. The maximum atomic E-state index is 12.2. The molecule has 126 valence electrons. The number of aliphatic imine (C=N–C) groups is 1. The Morgan fingerprint density at radius 2 is 2.04 bits per heavy atom. The van der Waals surface area contributed by atoms with Crippen LogP contribution in [0.4, 0.5) is 5.95 Å². The van der Waals surface area contributed by atoms with Gasteiger partial charge in [0.15, 0.2) is 28.3 Å². The molecule has 1 aliphatic rings. The largest absolute Gasteiger partial charge is 0.369 e. The van der Waals surface area contributed by atoms with E-state index in [0.717, 1.165) is 16.6 Å². The van der Waals surface area contributed by atoms with E-state index in [-0.39, 0.29) is 11.6 Å². The van der Waals surface area contributed by atoms with Gasteiger partial charge in [0.2, 0.25) is 0 Å². The van der Waals surface area contributed by atoms with Crippen molar-refractivity contribution in [1.29, 1.82) is 0 Å². The molecule has 0 saturated carbocycles. The number of aromatic amines is 1. The first-order valence-electron chi connectivity index (χ1n) is 7.44. The molecule has 25 heavy (non-hydrogen) atoms. The number of rotatable bonds is 3. The second-order valence-corrected chi connectivity index (χ2v) is 7.65. The van der Waals surface area contributed by atoms with E-state index in [1.165, 1.54) is 6.26 Å². The highest BCUT2D eigenvalue weighted by molar-refractivity contribution is 7.90. The predicted octanol–water partition coefficient (Wildman–Crippen LogP) is 2.39. The molecular formula is C16H14N6O2S. The van der Waals surface area contributed by atoms with Crippen LogP contribution in [-0.2, 0) is 9.84 Å². The Hall–Kier alpha value is -3.07. The van der Waals surface area contributed by atoms with Crippen LogP contribution in [0.1, 0.15) is 5.56 Å². The molecule has 0 atom stereocenters. The summed E-state index contributed by atoms with van der Waals surface area (Å²) in [5.41, 5.74) is 9.17. The summed E-state index contributed by atoms with van der Waals surface area (Å²) in [4.78, 5) is 11.5. The molecule has 0 bridgehead atoms. The van der Waals surface area contributed by atoms with E-state index in [0.29, 0.717) is 22.9 Å². The Morgan fingerprint density at radius 1 is 1.20 bits per heavy atom. The van der Waals surface area contributed by atoms with E-state index in [2.05, 4.69) is 25.2 Å². The van der Waals surface area contributed by atoms with Gasteiger partial charge in [-0.1, -0.05) is 18.2 Å². The van der Waals surface area contributed by atoms with E-state index in [4.69, 9.17) is 5.73 Å². The zero-order valence-electron chi connectivity index (χ0n) is 13.3. The fourth-order valence-electron chi connectivity index (χ4n) is 2.87. The number of sulfone groups is 1. The van der Waals surface area contributed by atoms with Gasteiger partial charge in [0, 0.05) is 11.8 Å². The molecule has 3 aromatic rings. The Balaban J connectivity index is 2.01. The van der Waals surface area contributed by atoms with Gasteiger partial charge in [-0.05, 0) is 29.3 Å². The molecule has 0 aliphatic carbocycles. The van der Waals surface area contributed by atoms with Crippen LogP contribution in [0, 0.1) is 0 Å². The zero-order valence-corrected chi connectivity index (χ0v) is 14.1. The van der Waals surface area contributed by atoms with Crippen molar-refractivity contribution in [3.8, 4) is 11.1 Å². The lowest BCUT2D eigenvalue weighted by Crippen LogP contribution is -2.08. The van der Waals surface area contributed by atoms with Crippen molar-refractivity contribution in [2.75, 3.05) is 18.7 Å². The highest BCUT2D eigenvalue weighted by atomic mass is 32.2. The maximum absolute atomic E-state index is 12.2. The first kappa shape index (κ1) is 15.5. The van der Waals surface area contributed by atoms with E-state index < -0.39 is 9.84 Å². The molecule has 2 heterocycles. The number of nitrogens with one attached hydrogen (secondary N) is 1. The average molecular weight is 354 g/mol. The number of H-pyrrole nitrogens is 1. The normalized spacial score (nSPS) is 14.2. The number of amidine groups is 1. The van der Waals surface area contributed by atoms with Gasteiger partial charge in [-0.3, -0.25) is 0 Å². The van der Waals surface area contributed by atoms with Gasteiger partial charge in [0.05, 0.1) is 15.9 Å². The second-order valence-electron chi connectivity index (χ2n) is 5.67. The van der Waals surface area contributed by atoms with E-state index in [1.807, 2.05) is 24.3 Å². The number of imidazole rings is 1. The van der Waals surface area contributed by atoms with Gasteiger partial charge >= 0.3 is 0 Å². The van der Waals surface area contributed by atoms with Crippen molar-refractivity contribution in [1.82, 2.24) is 9.97 Å². The van der Waals surface area contributed by atoms with Gasteiger partial charge in [-0.2, -0.15) is 5.11 Å². The Morgan fingerprint density at radius 3 is 2.76 bits per heavy atom. The third-order valence-electron chi connectivity index (χ3n) is 3.91. The standard InChI is InChI=1S/C16H14N6O2S/c1-25(23,24)13-4-2-3-10(14(13)15-18-8-19-22-15)9-5-6-11-12(7-9)21-16(17)20-11/h2-7H,8H2,1H3,(H3,17,20,21). The lowest BCUT2D eigenvalue weighted by atomic mass is 9.98. The SMILES string of the molecule is CS(=O)(=O)c1cccc(-c2ccc3nc(N)[nH]c3c2)c1C1=NCN=N1. The summed E-state index contributed by atoms with van der Waals surface area (Å²) in [6, 6.07) is 10.6. The minimum Gasteiger partial charge on any atom is -0.369 e. The van der Waals surface area contributed by atoms with Crippen molar-refractivity contribution in [2.24, 2.45) is 15.2 Å². The van der Waals surface area contributed by atoms with Gasteiger partial charge < -0.3 is 10.7 Å². The number of nitrogens with two attached hydrogens (primary N) is 1. The van der Waals surface area contributed by atoms with Crippen molar-refractivity contribution < 1.29 is 8.42 Å². The molecule has 0 saturated heterocycles. The molecule has 1 aromatic heterocycles. The first-order valence-corrected chi connectivity index (χ1v) is 9.33. The molecule has 0 unspecified atom stereocenters. The van der Waals surface area contributed by atoms with Crippen molar-refractivity contribution in [3.05, 3.63) is 42.0 Å². The van der Waals surface area contributed by atoms with Crippen molar-refractivity contribution in [3.63, 3.8) is 0 Å². The number of hydrogen-bond donors (Lipinski definition) is 2. The smallest absolute Gasteiger partial charge is 0.198 e. The number of hydrogen-bond acceptors (Lipinski definition) is 7. The fourth-order valence-corrected chi connectivity index (χ4v) is 3.76. The van der Waals surface area contributed by atoms with Gasteiger partial charge in [0.25, 0.3) is 0 Å². The predicted molar refractivity (Wildman–Crippen MR) is 95.3 cm³/mol. The Kier molecular flexibility index (Phi) is 3.39. The molecule has 0 radical (unpaired) electrons. The summed E-state index contributed by atoms with van der Waals surface area (Å²) in [7, 11) is -3.46. The van der Waals surface area contributed by atoms with Crippen molar-refractivity contribution in [2.45, 2.75) is 4.90 Å². The molecular weight excluding hydrogens is 340 g/mol. The van der Waals surface area contributed by atoms with Crippen LogP contribution in [0.2, 0.25) is 0 Å². The van der Waals surface area contributed by atoms with Crippen LogP contribution >= 0.6 is 0 Å². The van der Waals surface area contributed by atoms with Crippen LogP contribution in [0.3, 0.4) is 0 Å². The van der Waals surface area contributed by atoms with Crippen LogP contribution in [0.15, 0.2) is 56.5 Å². The summed E-state index contributed by atoms with van der Waals surface area (Å²) in [5, 5.41) is 7.85. The number of nitrogen functional groups attached to an aromatic ring is 1. The minimum atomic E-state index is -3.46. The first-order chi connectivity index (χ1) is 11.9. The van der Waals surface area contributed by atoms with Gasteiger partial charge in [0.1, 0.15) is 0 Å². The van der Waals surface area contributed by atoms with E-state index >= 15 is 0 Å². The molecule has 0 fully saturated rings. The molecule has 2 aromatic carbocycles. The van der Waals surface area contributed by atoms with Gasteiger partial charge in [-0.25, -0.2) is 18.4 Å². The molecule has 9 heteroatoms. The monoisotopic (exact) mass is 354 g/mol. The fraction of sp³-hybridized carbons (Fsp3) is 0.125. The third-order valence-corrected chi connectivity index (χ3v) is 5.05. The molecule has 4 rings (SSSR count). The highest BCUT2D eigenvalue weighted by Gasteiger charge is 2.23. The van der Waals surface area contributed by atoms with Crippen LogP contribution in [0.25, 0.3) is 22.2 Å². The minimum absolute atomic E-state index is 0.175. The number of benzene rings is 2. The number of anilines is 1. The third kappa shape index (κ3) is 2.68. The Bertz CT molecular complexity index is 1160. The second kappa shape index (κ2) is 5.49. The van der Waals surface area contributed by atoms with Crippen LogP contribution in [-0.4, -0.2) is 37.1 Å². The number of azo groups is 1. The topological polar surface area (TPSA) is 126 Å². The molecule has 8 nitrogen and oxygen atoms in total. The summed E-state index contributed by atoms with van der Waals surface area (Å²) >= 11 is 0. The van der Waals surface area contributed by atoms with Crippen LogP contribution < -0.4 is 5.73 Å². The lowest BCUT2D eigenvalue weighted by Gasteiger charge is -2.12. The Labute approximate surface area is 143 Å². The number of fused-ring (bicyclic) bond motifs is 1. The zero-order chi connectivity index (χ0) is 17.6. The van der Waals surface area contributed by atoms with E-state index in [9.17, 15) is 8.42 Å². The van der Waals surface area contributed by atoms with Crippen molar-refractivity contribution >= 4 is 32.7 Å². The number of aromatic nitrogens is 2.